The second-order valence-corrected chi connectivity index (χ2v) is 9.41. The number of nitrogens with one attached hydrogen (secondary N) is 1. The quantitative estimate of drug-likeness (QED) is 0.706. The fraction of sp³-hybridized carbons (Fsp3) is 0.947. The van der Waals surface area contributed by atoms with Gasteiger partial charge in [-0.3, -0.25) is 0 Å². The van der Waals surface area contributed by atoms with Gasteiger partial charge in [-0.2, -0.15) is 0 Å². The summed E-state index contributed by atoms with van der Waals surface area (Å²) in [4.78, 5) is 13.4. The van der Waals surface area contributed by atoms with Crippen molar-refractivity contribution in [3.8, 4) is 0 Å². The van der Waals surface area contributed by atoms with Crippen molar-refractivity contribution in [1.29, 1.82) is 0 Å². The SMILES string of the molecule is CC(C)(C)OC(=O)N1CC[C@H](C(C)(C)O)C1.CC(C)(O)[C@H]1CCNC1. The molecule has 148 valence electrons. The zero-order valence-corrected chi connectivity index (χ0v) is 17.1. The van der Waals surface area contributed by atoms with Gasteiger partial charge in [0.25, 0.3) is 0 Å². The Morgan fingerprint density at radius 1 is 1.00 bits per heavy atom. The van der Waals surface area contributed by atoms with Crippen LogP contribution in [0.4, 0.5) is 4.79 Å². The Morgan fingerprint density at radius 3 is 1.88 bits per heavy atom. The van der Waals surface area contributed by atoms with E-state index in [-0.39, 0.29) is 12.0 Å². The molecule has 0 aliphatic carbocycles. The highest BCUT2D eigenvalue weighted by atomic mass is 16.6. The lowest BCUT2D eigenvalue weighted by Crippen LogP contribution is -2.38. The number of rotatable bonds is 2. The average molecular weight is 359 g/mol. The van der Waals surface area contributed by atoms with Crippen LogP contribution in [0.5, 0.6) is 0 Å². The van der Waals surface area contributed by atoms with Crippen molar-refractivity contribution in [3.63, 3.8) is 0 Å². The van der Waals surface area contributed by atoms with E-state index in [4.69, 9.17) is 4.74 Å². The summed E-state index contributed by atoms with van der Waals surface area (Å²) in [5.41, 5.74) is -1.66. The maximum atomic E-state index is 11.8. The molecule has 0 aromatic carbocycles. The number of nitrogens with zero attached hydrogens (tertiary/aromatic N) is 1. The third-order valence-electron chi connectivity index (χ3n) is 4.90. The van der Waals surface area contributed by atoms with Gasteiger partial charge in [-0.25, -0.2) is 4.79 Å². The molecule has 2 rings (SSSR count). The smallest absolute Gasteiger partial charge is 0.410 e. The van der Waals surface area contributed by atoms with Crippen LogP contribution in [0.1, 0.15) is 61.3 Å². The Morgan fingerprint density at radius 2 is 1.56 bits per heavy atom. The number of carbonyl (C=O) groups is 1. The molecule has 0 saturated carbocycles. The van der Waals surface area contributed by atoms with Gasteiger partial charge in [0.1, 0.15) is 5.60 Å². The first-order valence-electron chi connectivity index (χ1n) is 9.33. The van der Waals surface area contributed by atoms with Gasteiger partial charge in [0.2, 0.25) is 0 Å². The Balaban J connectivity index is 0.000000293. The molecule has 2 saturated heterocycles. The summed E-state index contributed by atoms with van der Waals surface area (Å²) in [5, 5.41) is 22.6. The predicted molar refractivity (Wildman–Crippen MR) is 99.5 cm³/mol. The molecule has 3 N–H and O–H groups in total. The predicted octanol–water partition coefficient (Wildman–Crippen LogP) is 2.38. The van der Waals surface area contributed by atoms with Crippen LogP contribution < -0.4 is 5.32 Å². The fourth-order valence-corrected chi connectivity index (χ4v) is 3.09. The van der Waals surface area contributed by atoms with Crippen molar-refractivity contribution >= 4 is 6.09 Å². The molecular weight excluding hydrogens is 320 g/mol. The Hall–Kier alpha value is -0.850. The monoisotopic (exact) mass is 358 g/mol. The van der Waals surface area contributed by atoms with Crippen LogP contribution in [0, 0.1) is 11.8 Å². The number of hydrogen-bond acceptors (Lipinski definition) is 5. The van der Waals surface area contributed by atoms with Gasteiger partial charge >= 0.3 is 6.09 Å². The molecule has 0 radical (unpaired) electrons. The minimum Gasteiger partial charge on any atom is -0.444 e. The Labute approximate surface area is 152 Å². The van der Waals surface area contributed by atoms with Gasteiger partial charge < -0.3 is 25.2 Å². The van der Waals surface area contributed by atoms with Crippen molar-refractivity contribution in [2.75, 3.05) is 26.2 Å². The van der Waals surface area contributed by atoms with E-state index in [9.17, 15) is 15.0 Å². The molecular formula is C19H38N2O4. The van der Waals surface area contributed by atoms with E-state index in [0.717, 1.165) is 25.9 Å². The second kappa shape index (κ2) is 8.23. The first kappa shape index (κ1) is 22.2. The van der Waals surface area contributed by atoms with E-state index in [1.165, 1.54) is 0 Å². The molecule has 0 unspecified atom stereocenters. The first-order chi connectivity index (χ1) is 11.2. The van der Waals surface area contributed by atoms with Crippen LogP contribution in [-0.4, -0.2) is 64.2 Å². The standard InChI is InChI=1S/C12H23NO3.C7H15NO/c1-11(2,3)16-10(14)13-7-6-9(8-13)12(4,5)15;1-7(2,9)6-3-4-8-5-6/h9,15H,6-8H2,1-5H3;6,8-9H,3-5H2,1-2H3/t9-;6-/m00/s1. The summed E-state index contributed by atoms with van der Waals surface area (Å²) in [5.74, 6) is 0.595. The van der Waals surface area contributed by atoms with E-state index < -0.39 is 16.8 Å². The van der Waals surface area contributed by atoms with E-state index in [2.05, 4.69) is 5.32 Å². The van der Waals surface area contributed by atoms with Gasteiger partial charge in [0.05, 0.1) is 11.2 Å². The van der Waals surface area contributed by atoms with Gasteiger partial charge in [0.15, 0.2) is 0 Å². The molecule has 25 heavy (non-hydrogen) atoms. The largest absolute Gasteiger partial charge is 0.444 e. The second-order valence-electron chi connectivity index (χ2n) is 9.41. The van der Waals surface area contributed by atoms with Crippen LogP contribution in [0.25, 0.3) is 0 Å². The zero-order chi connectivity index (χ0) is 19.5. The molecule has 2 fully saturated rings. The number of ether oxygens (including phenoxy) is 1. The topological polar surface area (TPSA) is 82.0 Å². The molecule has 2 aliphatic rings. The van der Waals surface area contributed by atoms with E-state index in [0.29, 0.717) is 19.0 Å². The zero-order valence-electron chi connectivity index (χ0n) is 17.1. The summed E-state index contributed by atoms with van der Waals surface area (Å²) >= 11 is 0. The van der Waals surface area contributed by atoms with Crippen molar-refractivity contribution in [1.82, 2.24) is 10.2 Å². The number of hydrogen-bond donors (Lipinski definition) is 3. The summed E-state index contributed by atoms with van der Waals surface area (Å²) in [7, 11) is 0. The fourth-order valence-electron chi connectivity index (χ4n) is 3.09. The molecule has 0 aromatic rings. The lowest BCUT2D eigenvalue weighted by Gasteiger charge is -2.27. The third kappa shape index (κ3) is 7.92. The van der Waals surface area contributed by atoms with Crippen molar-refractivity contribution in [3.05, 3.63) is 0 Å². The van der Waals surface area contributed by atoms with Crippen LogP contribution in [-0.2, 0) is 4.74 Å². The lowest BCUT2D eigenvalue weighted by molar-refractivity contribution is 0.0114. The Bertz CT molecular complexity index is 426. The Kier molecular flexibility index (Phi) is 7.31. The number of amides is 1. The van der Waals surface area contributed by atoms with E-state index >= 15 is 0 Å². The minimum absolute atomic E-state index is 0.139. The van der Waals surface area contributed by atoms with Gasteiger partial charge in [-0.05, 0) is 67.9 Å². The van der Waals surface area contributed by atoms with E-state index in [1.807, 2.05) is 34.6 Å². The molecule has 2 heterocycles. The molecule has 0 spiro atoms. The van der Waals surface area contributed by atoms with Crippen molar-refractivity contribution in [2.45, 2.75) is 78.1 Å². The third-order valence-corrected chi connectivity index (χ3v) is 4.90. The maximum absolute atomic E-state index is 11.8. The molecule has 1 amide bonds. The van der Waals surface area contributed by atoms with Crippen molar-refractivity contribution < 1.29 is 19.7 Å². The van der Waals surface area contributed by atoms with Crippen LogP contribution >= 0.6 is 0 Å². The summed E-state index contributed by atoms with van der Waals surface area (Å²) < 4.78 is 5.29. The molecule has 0 bridgehead atoms. The molecule has 0 aromatic heterocycles. The molecule has 2 aliphatic heterocycles. The number of carbonyl (C=O) groups excluding carboxylic acids is 1. The first-order valence-corrected chi connectivity index (χ1v) is 9.33. The molecule has 2 atom stereocenters. The summed E-state index contributed by atoms with van der Waals surface area (Å²) in [6.07, 6.45) is 1.67. The maximum Gasteiger partial charge on any atom is 0.410 e. The van der Waals surface area contributed by atoms with Crippen LogP contribution in [0.15, 0.2) is 0 Å². The minimum atomic E-state index is -0.725. The van der Waals surface area contributed by atoms with Gasteiger partial charge in [-0.1, -0.05) is 0 Å². The summed E-state index contributed by atoms with van der Waals surface area (Å²) in [6.45, 7) is 16.2. The highest BCUT2D eigenvalue weighted by molar-refractivity contribution is 5.68. The van der Waals surface area contributed by atoms with Crippen LogP contribution in [0.2, 0.25) is 0 Å². The summed E-state index contributed by atoms with van der Waals surface area (Å²) in [6, 6.07) is 0. The lowest BCUT2D eigenvalue weighted by atomic mass is 9.91. The van der Waals surface area contributed by atoms with Crippen molar-refractivity contribution in [2.24, 2.45) is 11.8 Å². The van der Waals surface area contributed by atoms with E-state index in [1.54, 1.807) is 18.7 Å². The van der Waals surface area contributed by atoms with Crippen LogP contribution in [0.3, 0.4) is 0 Å². The van der Waals surface area contributed by atoms with Gasteiger partial charge in [0, 0.05) is 31.5 Å². The number of likely N-dealkylation sites (tertiary alicyclic amines) is 1. The highest BCUT2D eigenvalue weighted by Crippen LogP contribution is 2.28. The number of aliphatic hydroxyl groups is 2. The average Bonchev–Trinajstić information content (AvgIpc) is 3.08. The normalized spacial score (nSPS) is 24.8. The molecule has 6 nitrogen and oxygen atoms in total. The highest BCUT2D eigenvalue weighted by Gasteiger charge is 2.36. The molecule has 6 heteroatoms. The van der Waals surface area contributed by atoms with Gasteiger partial charge in [-0.15, -0.1) is 0 Å².